The normalized spacial score (nSPS) is 11.2. The van der Waals surface area contributed by atoms with Gasteiger partial charge < -0.3 is 0 Å². The third-order valence-electron chi connectivity index (χ3n) is 3.01. The van der Waals surface area contributed by atoms with Gasteiger partial charge in [0.1, 0.15) is 5.52 Å². The second-order valence-corrected chi connectivity index (χ2v) is 5.07. The highest BCUT2D eigenvalue weighted by Crippen LogP contribution is 2.27. The van der Waals surface area contributed by atoms with Crippen LogP contribution in [0.3, 0.4) is 0 Å². The first-order valence-electron chi connectivity index (χ1n) is 5.72. The van der Waals surface area contributed by atoms with E-state index in [2.05, 4.69) is 15.3 Å². The average molecular weight is 293 g/mol. The monoisotopic (exact) mass is 292 g/mol. The molecular formula is C13H10Cl2N4. The molecule has 4 nitrogen and oxygen atoms in total. The number of halogens is 2. The van der Waals surface area contributed by atoms with Gasteiger partial charge in [0, 0.05) is 10.4 Å². The zero-order valence-electron chi connectivity index (χ0n) is 10.4. The molecule has 3 rings (SSSR count). The Bertz CT molecular complexity index is 780. The maximum atomic E-state index is 6.06. The third kappa shape index (κ3) is 1.97. The van der Waals surface area contributed by atoms with E-state index in [4.69, 9.17) is 23.2 Å². The van der Waals surface area contributed by atoms with Gasteiger partial charge in [0.05, 0.1) is 17.1 Å². The Morgan fingerprint density at radius 3 is 2.58 bits per heavy atom. The third-order valence-corrected chi connectivity index (χ3v) is 3.50. The number of rotatable bonds is 1. The van der Waals surface area contributed by atoms with Gasteiger partial charge >= 0.3 is 0 Å². The van der Waals surface area contributed by atoms with E-state index in [0.717, 1.165) is 22.5 Å². The lowest BCUT2D eigenvalue weighted by Gasteiger charge is -2.04. The Balaban J connectivity index is 2.35. The summed E-state index contributed by atoms with van der Waals surface area (Å²) in [6.07, 6.45) is 0. The van der Waals surface area contributed by atoms with Gasteiger partial charge in [-0.1, -0.05) is 29.3 Å². The fourth-order valence-electron chi connectivity index (χ4n) is 2.16. The predicted molar refractivity (Wildman–Crippen MR) is 76.2 cm³/mol. The van der Waals surface area contributed by atoms with Crippen LogP contribution in [-0.2, 0) is 0 Å². The second kappa shape index (κ2) is 4.47. The Kier molecular flexibility index (Phi) is 2.92. The number of hydrogen-bond acceptors (Lipinski definition) is 3. The molecule has 0 amide bonds. The van der Waals surface area contributed by atoms with Crippen LogP contribution in [-0.4, -0.2) is 20.0 Å². The lowest BCUT2D eigenvalue weighted by molar-refractivity contribution is 0.860. The Labute approximate surface area is 120 Å². The molecule has 0 aliphatic rings. The first-order valence-corrected chi connectivity index (χ1v) is 6.47. The number of nitrogens with zero attached hydrogens (tertiary/aromatic N) is 4. The van der Waals surface area contributed by atoms with Crippen molar-refractivity contribution in [3.63, 3.8) is 0 Å². The standard InChI is InChI=1S/C13H10Cl2N4/c1-7-11-8(2)19(10-5-3-4-9(14)6-10)18-12(11)13(15)17-16-7/h3-6H,1-2H3. The topological polar surface area (TPSA) is 43.6 Å². The first kappa shape index (κ1) is 12.4. The predicted octanol–water partition coefficient (Wildman–Crippen LogP) is 3.74. The molecular weight excluding hydrogens is 283 g/mol. The molecule has 0 N–H and O–H groups in total. The second-order valence-electron chi connectivity index (χ2n) is 4.28. The van der Waals surface area contributed by atoms with E-state index in [-0.39, 0.29) is 0 Å². The highest BCUT2D eigenvalue weighted by atomic mass is 35.5. The van der Waals surface area contributed by atoms with E-state index < -0.39 is 0 Å². The van der Waals surface area contributed by atoms with Crippen molar-refractivity contribution in [2.45, 2.75) is 13.8 Å². The lowest BCUT2D eigenvalue weighted by Crippen LogP contribution is -1.98. The summed E-state index contributed by atoms with van der Waals surface area (Å²) in [5.74, 6) is 0. The van der Waals surface area contributed by atoms with Gasteiger partial charge in [-0.2, -0.15) is 10.2 Å². The molecule has 0 spiro atoms. The van der Waals surface area contributed by atoms with Crippen LogP contribution in [0.1, 0.15) is 11.4 Å². The van der Waals surface area contributed by atoms with Crippen molar-refractivity contribution in [1.82, 2.24) is 20.0 Å². The van der Waals surface area contributed by atoms with Gasteiger partial charge in [0.25, 0.3) is 0 Å². The largest absolute Gasteiger partial charge is 0.237 e. The highest BCUT2D eigenvalue weighted by molar-refractivity contribution is 6.33. The number of benzene rings is 1. The molecule has 96 valence electrons. The molecule has 2 aromatic heterocycles. The van der Waals surface area contributed by atoms with Crippen LogP contribution < -0.4 is 0 Å². The molecule has 19 heavy (non-hydrogen) atoms. The number of hydrogen-bond donors (Lipinski definition) is 0. The van der Waals surface area contributed by atoms with Crippen LogP contribution in [0.25, 0.3) is 16.6 Å². The van der Waals surface area contributed by atoms with E-state index in [1.165, 1.54) is 0 Å². The molecule has 0 unspecified atom stereocenters. The number of fused-ring (bicyclic) bond motifs is 1. The van der Waals surface area contributed by atoms with Gasteiger partial charge in [0.15, 0.2) is 5.15 Å². The van der Waals surface area contributed by atoms with Crippen LogP contribution in [0, 0.1) is 13.8 Å². The van der Waals surface area contributed by atoms with Crippen molar-refractivity contribution >= 4 is 34.1 Å². The summed E-state index contributed by atoms with van der Waals surface area (Å²) < 4.78 is 1.80. The minimum Gasteiger partial charge on any atom is -0.237 e. The quantitative estimate of drug-likeness (QED) is 0.686. The summed E-state index contributed by atoms with van der Waals surface area (Å²) in [7, 11) is 0. The Morgan fingerprint density at radius 1 is 1.11 bits per heavy atom. The molecule has 0 atom stereocenters. The van der Waals surface area contributed by atoms with Crippen molar-refractivity contribution < 1.29 is 0 Å². The van der Waals surface area contributed by atoms with Crippen LogP contribution in [0.4, 0.5) is 0 Å². The van der Waals surface area contributed by atoms with Gasteiger partial charge in [0.2, 0.25) is 0 Å². The Morgan fingerprint density at radius 2 is 1.89 bits per heavy atom. The van der Waals surface area contributed by atoms with Crippen molar-refractivity contribution in [2.75, 3.05) is 0 Å². The van der Waals surface area contributed by atoms with Gasteiger partial charge in [-0.05, 0) is 32.0 Å². The zero-order valence-corrected chi connectivity index (χ0v) is 11.9. The lowest BCUT2D eigenvalue weighted by atomic mass is 10.2. The summed E-state index contributed by atoms with van der Waals surface area (Å²) in [6, 6.07) is 7.50. The molecule has 0 aliphatic carbocycles. The molecule has 0 aliphatic heterocycles. The molecule has 6 heteroatoms. The summed E-state index contributed by atoms with van der Waals surface area (Å²) >= 11 is 12.1. The minimum atomic E-state index is 0.310. The molecule has 3 aromatic rings. The molecule has 2 heterocycles. The van der Waals surface area contributed by atoms with Crippen LogP contribution >= 0.6 is 23.2 Å². The molecule has 0 saturated heterocycles. The summed E-state index contributed by atoms with van der Waals surface area (Å²) in [6.45, 7) is 3.86. The molecule has 1 aromatic carbocycles. The summed E-state index contributed by atoms with van der Waals surface area (Å²) in [5.41, 5.74) is 3.32. The zero-order chi connectivity index (χ0) is 13.6. The number of aromatic nitrogens is 4. The summed E-state index contributed by atoms with van der Waals surface area (Å²) in [5, 5.41) is 14.3. The molecule has 0 radical (unpaired) electrons. The van der Waals surface area contributed by atoms with E-state index in [1.807, 2.05) is 38.1 Å². The highest BCUT2D eigenvalue weighted by Gasteiger charge is 2.15. The maximum absolute atomic E-state index is 6.06. The average Bonchev–Trinajstić information content (AvgIpc) is 2.73. The fraction of sp³-hybridized carbons (Fsp3) is 0.154. The van der Waals surface area contributed by atoms with E-state index in [1.54, 1.807) is 4.68 Å². The molecule has 0 bridgehead atoms. The number of aryl methyl sites for hydroxylation is 2. The summed E-state index contributed by atoms with van der Waals surface area (Å²) in [4.78, 5) is 0. The van der Waals surface area contributed by atoms with Gasteiger partial charge in [-0.25, -0.2) is 4.68 Å². The van der Waals surface area contributed by atoms with Crippen LogP contribution in [0.2, 0.25) is 10.2 Å². The van der Waals surface area contributed by atoms with Gasteiger partial charge in [-0.15, -0.1) is 5.10 Å². The molecule has 0 saturated carbocycles. The van der Waals surface area contributed by atoms with Gasteiger partial charge in [-0.3, -0.25) is 0 Å². The van der Waals surface area contributed by atoms with E-state index in [0.29, 0.717) is 15.7 Å². The maximum Gasteiger partial charge on any atom is 0.179 e. The van der Waals surface area contributed by atoms with E-state index in [9.17, 15) is 0 Å². The van der Waals surface area contributed by atoms with Crippen LogP contribution in [0.5, 0.6) is 0 Å². The smallest absolute Gasteiger partial charge is 0.179 e. The molecule has 0 fully saturated rings. The fourth-order valence-corrected chi connectivity index (χ4v) is 2.51. The minimum absolute atomic E-state index is 0.310. The van der Waals surface area contributed by atoms with Crippen molar-refractivity contribution in [3.8, 4) is 5.69 Å². The van der Waals surface area contributed by atoms with Crippen molar-refractivity contribution in [1.29, 1.82) is 0 Å². The Hall–Kier alpha value is -1.65. The SMILES string of the molecule is Cc1nnc(Cl)c2nn(-c3cccc(Cl)c3)c(C)c12. The van der Waals surface area contributed by atoms with Crippen molar-refractivity contribution in [2.24, 2.45) is 0 Å². The first-order chi connectivity index (χ1) is 9.08. The van der Waals surface area contributed by atoms with Crippen LogP contribution in [0.15, 0.2) is 24.3 Å². The van der Waals surface area contributed by atoms with E-state index >= 15 is 0 Å². The van der Waals surface area contributed by atoms with Crippen molar-refractivity contribution in [3.05, 3.63) is 45.8 Å².